The van der Waals surface area contributed by atoms with Crippen LogP contribution < -0.4 is 10.1 Å². The summed E-state index contributed by atoms with van der Waals surface area (Å²) in [4.78, 5) is 13.3. The quantitative estimate of drug-likeness (QED) is 0.802. The molecule has 4 nitrogen and oxygen atoms in total. The topological polar surface area (TPSA) is 41.6 Å². The summed E-state index contributed by atoms with van der Waals surface area (Å²) in [7, 11) is 3.86. The number of ether oxygens (including phenoxy) is 1. The molecule has 0 aliphatic carbocycles. The van der Waals surface area contributed by atoms with Crippen LogP contribution in [0.1, 0.15) is 0 Å². The van der Waals surface area contributed by atoms with E-state index in [0.717, 1.165) is 6.54 Å². The number of nitrogens with zero attached hydrogens (tertiary/aromatic N) is 1. The molecule has 0 fully saturated rings. The van der Waals surface area contributed by atoms with Crippen LogP contribution in [-0.2, 0) is 4.79 Å². The first-order chi connectivity index (χ1) is 8.08. The molecule has 0 radical (unpaired) electrons. The third-order valence-corrected chi connectivity index (χ3v) is 2.06. The van der Waals surface area contributed by atoms with Gasteiger partial charge in [0.2, 0.25) is 0 Å². The van der Waals surface area contributed by atoms with Gasteiger partial charge in [-0.25, -0.2) is 4.39 Å². The maximum absolute atomic E-state index is 12.6. The summed E-state index contributed by atoms with van der Waals surface area (Å²) in [5, 5.41) is 2.72. The largest absolute Gasteiger partial charge is 0.484 e. The van der Waals surface area contributed by atoms with Gasteiger partial charge in [-0.2, -0.15) is 0 Å². The van der Waals surface area contributed by atoms with Crippen molar-refractivity contribution in [2.45, 2.75) is 0 Å². The minimum atomic E-state index is -0.326. The van der Waals surface area contributed by atoms with E-state index in [4.69, 9.17) is 4.74 Å². The van der Waals surface area contributed by atoms with E-state index in [9.17, 15) is 9.18 Å². The Morgan fingerprint density at radius 3 is 2.59 bits per heavy atom. The first-order valence-corrected chi connectivity index (χ1v) is 5.38. The average Bonchev–Trinajstić information content (AvgIpc) is 2.28. The van der Waals surface area contributed by atoms with Gasteiger partial charge >= 0.3 is 0 Å². The number of amides is 1. The molecule has 17 heavy (non-hydrogen) atoms. The number of benzene rings is 1. The van der Waals surface area contributed by atoms with E-state index in [-0.39, 0.29) is 18.3 Å². The Morgan fingerprint density at radius 1 is 1.35 bits per heavy atom. The highest BCUT2D eigenvalue weighted by Crippen LogP contribution is 2.10. The number of halogens is 1. The fraction of sp³-hybridized carbons (Fsp3) is 0.417. The summed E-state index contributed by atoms with van der Waals surface area (Å²) < 4.78 is 17.8. The number of rotatable bonds is 6. The molecule has 0 aliphatic heterocycles. The average molecular weight is 240 g/mol. The van der Waals surface area contributed by atoms with Crippen molar-refractivity contribution in [1.29, 1.82) is 0 Å². The van der Waals surface area contributed by atoms with E-state index < -0.39 is 0 Å². The van der Waals surface area contributed by atoms with Gasteiger partial charge in [0, 0.05) is 13.1 Å². The highest BCUT2D eigenvalue weighted by atomic mass is 19.1. The maximum atomic E-state index is 12.6. The zero-order valence-electron chi connectivity index (χ0n) is 10.1. The SMILES string of the molecule is CN(C)CCNC(=O)COc1ccc(F)cc1. The van der Waals surface area contributed by atoms with Gasteiger partial charge < -0.3 is 15.0 Å². The molecular weight excluding hydrogens is 223 g/mol. The summed E-state index contributed by atoms with van der Waals surface area (Å²) in [5.41, 5.74) is 0. The lowest BCUT2D eigenvalue weighted by atomic mass is 10.3. The van der Waals surface area contributed by atoms with Crippen molar-refractivity contribution in [3.63, 3.8) is 0 Å². The lowest BCUT2D eigenvalue weighted by Crippen LogP contribution is -2.34. The fourth-order valence-electron chi connectivity index (χ4n) is 1.15. The van der Waals surface area contributed by atoms with E-state index >= 15 is 0 Å². The Labute approximate surface area is 100 Å². The van der Waals surface area contributed by atoms with E-state index in [1.807, 2.05) is 19.0 Å². The van der Waals surface area contributed by atoms with Gasteiger partial charge in [0.15, 0.2) is 6.61 Å². The fourth-order valence-corrected chi connectivity index (χ4v) is 1.15. The highest BCUT2D eigenvalue weighted by Gasteiger charge is 2.02. The zero-order valence-corrected chi connectivity index (χ0v) is 10.1. The molecule has 0 bridgehead atoms. The van der Waals surface area contributed by atoms with E-state index in [0.29, 0.717) is 12.3 Å². The molecular formula is C12H17FN2O2. The van der Waals surface area contributed by atoms with Gasteiger partial charge in [-0.05, 0) is 38.4 Å². The Hall–Kier alpha value is -1.62. The van der Waals surface area contributed by atoms with Gasteiger partial charge in [0.1, 0.15) is 11.6 Å². The summed E-state index contributed by atoms with van der Waals surface area (Å²) in [6.07, 6.45) is 0. The molecule has 94 valence electrons. The van der Waals surface area contributed by atoms with Crippen LogP contribution in [0.2, 0.25) is 0 Å². The predicted octanol–water partition coefficient (Wildman–Crippen LogP) is 0.882. The van der Waals surface area contributed by atoms with Crippen molar-refractivity contribution in [3.05, 3.63) is 30.1 Å². The van der Waals surface area contributed by atoms with Crippen LogP contribution in [0.25, 0.3) is 0 Å². The van der Waals surface area contributed by atoms with Crippen molar-refractivity contribution in [2.24, 2.45) is 0 Å². The second-order valence-corrected chi connectivity index (χ2v) is 3.90. The number of hydrogen-bond donors (Lipinski definition) is 1. The molecule has 1 rings (SSSR count). The molecule has 1 aromatic rings. The molecule has 0 spiro atoms. The lowest BCUT2D eigenvalue weighted by molar-refractivity contribution is -0.123. The van der Waals surface area contributed by atoms with Crippen molar-refractivity contribution in [3.8, 4) is 5.75 Å². The summed E-state index contributed by atoms with van der Waals surface area (Å²) >= 11 is 0. The first kappa shape index (κ1) is 13.4. The molecule has 1 aromatic carbocycles. The molecule has 1 N–H and O–H groups in total. The molecule has 1 amide bonds. The Bertz CT molecular complexity index is 352. The van der Waals surface area contributed by atoms with Crippen molar-refractivity contribution >= 4 is 5.91 Å². The maximum Gasteiger partial charge on any atom is 0.257 e. The second-order valence-electron chi connectivity index (χ2n) is 3.90. The van der Waals surface area contributed by atoms with Crippen LogP contribution in [-0.4, -0.2) is 44.6 Å². The number of carbonyl (C=O) groups excluding carboxylic acids is 1. The Balaban J connectivity index is 2.21. The predicted molar refractivity (Wildman–Crippen MR) is 63.5 cm³/mol. The lowest BCUT2D eigenvalue weighted by Gasteiger charge is -2.10. The van der Waals surface area contributed by atoms with Gasteiger partial charge in [-0.1, -0.05) is 0 Å². The standard InChI is InChI=1S/C12H17FN2O2/c1-15(2)8-7-14-12(16)9-17-11-5-3-10(13)4-6-11/h3-6H,7-9H2,1-2H3,(H,14,16). The van der Waals surface area contributed by atoms with Crippen LogP contribution in [0.5, 0.6) is 5.75 Å². The number of hydrogen-bond acceptors (Lipinski definition) is 3. The molecule has 0 atom stereocenters. The highest BCUT2D eigenvalue weighted by molar-refractivity contribution is 5.77. The third-order valence-electron chi connectivity index (χ3n) is 2.06. The molecule has 0 saturated heterocycles. The van der Waals surface area contributed by atoms with Gasteiger partial charge in [0.05, 0.1) is 0 Å². The Kier molecular flexibility index (Phi) is 5.42. The van der Waals surface area contributed by atoms with Crippen LogP contribution in [0.15, 0.2) is 24.3 Å². The van der Waals surface area contributed by atoms with Crippen molar-refractivity contribution in [2.75, 3.05) is 33.8 Å². The van der Waals surface area contributed by atoms with E-state index in [1.54, 1.807) is 0 Å². The van der Waals surface area contributed by atoms with Crippen LogP contribution in [0.3, 0.4) is 0 Å². The van der Waals surface area contributed by atoms with Crippen LogP contribution in [0.4, 0.5) is 4.39 Å². The molecule has 5 heteroatoms. The van der Waals surface area contributed by atoms with Crippen molar-refractivity contribution in [1.82, 2.24) is 10.2 Å². The van der Waals surface area contributed by atoms with Gasteiger partial charge in [0.25, 0.3) is 5.91 Å². The monoisotopic (exact) mass is 240 g/mol. The molecule has 0 aromatic heterocycles. The molecule has 0 heterocycles. The van der Waals surface area contributed by atoms with Gasteiger partial charge in [-0.3, -0.25) is 4.79 Å². The second kappa shape index (κ2) is 6.85. The Morgan fingerprint density at radius 2 is 2.00 bits per heavy atom. The van der Waals surface area contributed by atoms with Crippen molar-refractivity contribution < 1.29 is 13.9 Å². The number of likely N-dealkylation sites (N-methyl/N-ethyl adjacent to an activating group) is 1. The minimum absolute atomic E-state index is 0.0565. The minimum Gasteiger partial charge on any atom is -0.484 e. The normalized spacial score (nSPS) is 10.4. The van der Waals surface area contributed by atoms with Crippen LogP contribution >= 0.6 is 0 Å². The number of carbonyl (C=O) groups is 1. The van der Waals surface area contributed by atoms with E-state index in [1.165, 1.54) is 24.3 Å². The summed E-state index contributed by atoms with van der Waals surface area (Å²) in [6.45, 7) is 1.31. The smallest absolute Gasteiger partial charge is 0.257 e. The molecule has 0 unspecified atom stereocenters. The van der Waals surface area contributed by atoms with Crippen LogP contribution in [0, 0.1) is 5.82 Å². The molecule has 0 aliphatic rings. The molecule has 0 saturated carbocycles. The number of nitrogens with one attached hydrogen (secondary N) is 1. The van der Waals surface area contributed by atoms with E-state index in [2.05, 4.69) is 5.32 Å². The third kappa shape index (κ3) is 5.87. The summed E-state index contributed by atoms with van der Waals surface area (Å²) in [5.74, 6) is -0.0295. The first-order valence-electron chi connectivity index (χ1n) is 5.38. The summed E-state index contributed by atoms with van der Waals surface area (Å²) in [6, 6.07) is 5.56. The zero-order chi connectivity index (χ0) is 12.7. The van der Waals surface area contributed by atoms with Gasteiger partial charge in [-0.15, -0.1) is 0 Å².